The number of carbonyl (C=O) groups excluding carboxylic acids is 1. The van der Waals surface area contributed by atoms with Crippen molar-refractivity contribution in [1.82, 2.24) is 9.88 Å². The van der Waals surface area contributed by atoms with Gasteiger partial charge >= 0.3 is 12.1 Å². The summed E-state index contributed by atoms with van der Waals surface area (Å²) in [6.45, 7) is 2.54. The number of piperidine rings is 1. The lowest BCUT2D eigenvalue weighted by molar-refractivity contribution is -0.147. The summed E-state index contributed by atoms with van der Waals surface area (Å²) >= 11 is 1.06. The van der Waals surface area contributed by atoms with Gasteiger partial charge in [-0.25, -0.2) is 4.98 Å². The molecule has 1 amide bonds. The number of amides is 1. The van der Waals surface area contributed by atoms with E-state index >= 15 is 0 Å². The van der Waals surface area contributed by atoms with E-state index < -0.39 is 23.6 Å². The molecule has 132 valence electrons. The topological polar surface area (TPSA) is 70.5 Å². The van der Waals surface area contributed by atoms with Crippen LogP contribution in [0.2, 0.25) is 0 Å². The molecule has 2 heterocycles. The van der Waals surface area contributed by atoms with Crippen molar-refractivity contribution in [3.05, 3.63) is 23.9 Å². The molecule has 9 heteroatoms. The Balaban J connectivity index is 1.86. The summed E-state index contributed by atoms with van der Waals surface area (Å²) in [6.07, 6.45) is -3.28. The van der Waals surface area contributed by atoms with Crippen LogP contribution in [0.1, 0.15) is 18.9 Å². The van der Waals surface area contributed by atoms with E-state index in [1.54, 1.807) is 11.8 Å². The fraction of sp³-hybridized carbons (Fsp3) is 0.533. The minimum absolute atomic E-state index is 0.0584. The Kier molecular flexibility index (Phi) is 5.74. The average Bonchev–Trinajstić information content (AvgIpc) is 2.51. The quantitative estimate of drug-likeness (QED) is 0.834. The van der Waals surface area contributed by atoms with E-state index in [2.05, 4.69) is 4.98 Å². The van der Waals surface area contributed by atoms with Crippen LogP contribution >= 0.6 is 11.8 Å². The predicted molar refractivity (Wildman–Crippen MR) is 81.4 cm³/mol. The van der Waals surface area contributed by atoms with Crippen molar-refractivity contribution in [3.63, 3.8) is 0 Å². The molecular weight excluding hydrogens is 345 g/mol. The first kappa shape index (κ1) is 18.6. The second-order valence-electron chi connectivity index (χ2n) is 5.72. The maximum absolute atomic E-state index is 12.5. The first-order valence-electron chi connectivity index (χ1n) is 7.35. The van der Waals surface area contributed by atoms with Gasteiger partial charge in [-0.1, -0.05) is 18.7 Å². The number of aliphatic carboxylic acids is 1. The number of halogens is 3. The Hall–Kier alpha value is -1.77. The van der Waals surface area contributed by atoms with Crippen molar-refractivity contribution in [1.29, 1.82) is 0 Å². The van der Waals surface area contributed by atoms with Crippen LogP contribution < -0.4 is 0 Å². The van der Waals surface area contributed by atoms with Crippen LogP contribution in [0.5, 0.6) is 0 Å². The smallest absolute Gasteiger partial charge is 0.417 e. The normalized spacial score (nSPS) is 21.6. The zero-order valence-electron chi connectivity index (χ0n) is 12.9. The molecule has 1 N–H and O–H groups in total. The molecule has 2 rings (SSSR count). The fourth-order valence-electron chi connectivity index (χ4n) is 2.60. The molecule has 0 spiro atoms. The van der Waals surface area contributed by atoms with Gasteiger partial charge in [0.15, 0.2) is 0 Å². The van der Waals surface area contributed by atoms with Crippen LogP contribution in [0.3, 0.4) is 0 Å². The Morgan fingerprint density at radius 2 is 2.12 bits per heavy atom. The predicted octanol–water partition coefficient (Wildman–Crippen LogP) is 2.76. The Morgan fingerprint density at radius 3 is 2.62 bits per heavy atom. The lowest BCUT2D eigenvalue weighted by atomic mass is 9.87. The second kappa shape index (κ2) is 7.42. The number of alkyl halides is 3. The SMILES string of the molecule is CC1CN(C(=O)CSc2ccc(C(F)(F)F)cn2)CCC1C(=O)O. The molecule has 1 saturated heterocycles. The van der Waals surface area contributed by atoms with Crippen molar-refractivity contribution in [2.75, 3.05) is 18.8 Å². The monoisotopic (exact) mass is 362 g/mol. The maximum Gasteiger partial charge on any atom is 0.417 e. The highest BCUT2D eigenvalue weighted by atomic mass is 32.2. The van der Waals surface area contributed by atoms with E-state index in [1.165, 1.54) is 6.07 Å². The Morgan fingerprint density at radius 1 is 1.42 bits per heavy atom. The summed E-state index contributed by atoms with van der Waals surface area (Å²) in [5.41, 5.74) is -0.831. The van der Waals surface area contributed by atoms with Gasteiger partial charge in [0.25, 0.3) is 0 Å². The van der Waals surface area contributed by atoms with E-state index in [4.69, 9.17) is 5.11 Å². The molecular formula is C15H17F3N2O3S. The summed E-state index contributed by atoms with van der Waals surface area (Å²) in [6, 6.07) is 2.17. The van der Waals surface area contributed by atoms with Gasteiger partial charge in [-0.2, -0.15) is 13.2 Å². The minimum Gasteiger partial charge on any atom is -0.481 e. The number of nitrogens with zero attached hydrogens (tertiary/aromatic N) is 2. The number of carboxylic acid groups (broad SMARTS) is 1. The van der Waals surface area contributed by atoms with Crippen LogP contribution in [0.15, 0.2) is 23.4 Å². The third-order valence-corrected chi connectivity index (χ3v) is 4.91. The standard InChI is InChI=1S/C15H17F3N2O3S/c1-9-7-20(5-4-11(9)14(22)23)13(21)8-24-12-3-2-10(6-19-12)15(16,17)18/h2-3,6,9,11H,4-5,7-8H2,1H3,(H,22,23). The van der Waals surface area contributed by atoms with Crippen molar-refractivity contribution >= 4 is 23.6 Å². The zero-order valence-corrected chi connectivity index (χ0v) is 13.7. The van der Waals surface area contributed by atoms with Gasteiger partial charge in [-0.15, -0.1) is 0 Å². The molecule has 0 saturated carbocycles. The molecule has 1 aromatic heterocycles. The van der Waals surface area contributed by atoms with Crippen molar-refractivity contribution in [2.45, 2.75) is 24.5 Å². The number of aromatic nitrogens is 1. The number of likely N-dealkylation sites (tertiary alicyclic amines) is 1. The molecule has 1 fully saturated rings. The van der Waals surface area contributed by atoms with Gasteiger partial charge in [0.05, 0.1) is 22.3 Å². The number of pyridine rings is 1. The summed E-state index contributed by atoms with van der Waals surface area (Å²) in [5.74, 6) is -1.54. The van der Waals surface area contributed by atoms with Gasteiger partial charge in [0.2, 0.25) is 5.91 Å². The molecule has 1 aliphatic rings. The third-order valence-electron chi connectivity index (χ3n) is 3.98. The van der Waals surface area contributed by atoms with Crippen LogP contribution in [0.25, 0.3) is 0 Å². The fourth-order valence-corrected chi connectivity index (χ4v) is 3.34. The van der Waals surface area contributed by atoms with Crippen LogP contribution in [0, 0.1) is 11.8 Å². The lowest BCUT2D eigenvalue weighted by Gasteiger charge is -2.34. The number of hydrogen-bond acceptors (Lipinski definition) is 4. The molecule has 0 aliphatic carbocycles. The summed E-state index contributed by atoms with van der Waals surface area (Å²) in [4.78, 5) is 28.5. The highest BCUT2D eigenvalue weighted by Gasteiger charge is 2.33. The largest absolute Gasteiger partial charge is 0.481 e. The summed E-state index contributed by atoms with van der Waals surface area (Å²) < 4.78 is 37.4. The zero-order chi connectivity index (χ0) is 17.9. The first-order chi connectivity index (χ1) is 11.2. The number of carbonyl (C=O) groups is 2. The molecule has 1 aliphatic heterocycles. The number of carboxylic acids is 1. The molecule has 0 aromatic carbocycles. The second-order valence-corrected chi connectivity index (χ2v) is 6.72. The van der Waals surface area contributed by atoms with Crippen LogP contribution in [0.4, 0.5) is 13.2 Å². The number of thioether (sulfide) groups is 1. The minimum atomic E-state index is -4.43. The van der Waals surface area contributed by atoms with Gasteiger partial charge in [-0.3, -0.25) is 9.59 Å². The van der Waals surface area contributed by atoms with E-state index in [1.807, 2.05) is 0 Å². The van der Waals surface area contributed by atoms with Crippen molar-refractivity contribution < 1.29 is 27.9 Å². The average molecular weight is 362 g/mol. The van der Waals surface area contributed by atoms with E-state index in [0.29, 0.717) is 24.5 Å². The van der Waals surface area contributed by atoms with Gasteiger partial charge < -0.3 is 10.0 Å². The molecule has 5 nitrogen and oxygen atoms in total. The molecule has 0 bridgehead atoms. The number of hydrogen-bond donors (Lipinski definition) is 1. The van der Waals surface area contributed by atoms with Crippen molar-refractivity contribution in [2.24, 2.45) is 11.8 Å². The van der Waals surface area contributed by atoms with Gasteiger partial charge in [0, 0.05) is 19.3 Å². The van der Waals surface area contributed by atoms with Crippen molar-refractivity contribution in [3.8, 4) is 0 Å². The highest BCUT2D eigenvalue weighted by Crippen LogP contribution is 2.30. The lowest BCUT2D eigenvalue weighted by Crippen LogP contribution is -2.45. The van der Waals surface area contributed by atoms with E-state index in [0.717, 1.165) is 24.0 Å². The van der Waals surface area contributed by atoms with Gasteiger partial charge in [-0.05, 0) is 24.5 Å². The maximum atomic E-state index is 12.5. The van der Waals surface area contributed by atoms with Crippen LogP contribution in [-0.2, 0) is 15.8 Å². The Labute approximate surface area is 141 Å². The summed E-state index contributed by atoms with van der Waals surface area (Å²) in [7, 11) is 0. The molecule has 1 aromatic rings. The molecule has 2 unspecified atom stereocenters. The van der Waals surface area contributed by atoms with Gasteiger partial charge in [0.1, 0.15) is 0 Å². The molecule has 0 radical (unpaired) electrons. The van der Waals surface area contributed by atoms with E-state index in [-0.39, 0.29) is 17.6 Å². The van der Waals surface area contributed by atoms with E-state index in [9.17, 15) is 22.8 Å². The highest BCUT2D eigenvalue weighted by molar-refractivity contribution is 7.99. The number of rotatable bonds is 4. The molecule has 2 atom stereocenters. The first-order valence-corrected chi connectivity index (χ1v) is 8.33. The summed E-state index contributed by atoms with van der Waals surface area (Å²) in [5, 5.41) is 9.41. The molecule has 24 heavy (non-hydrogen) atoms. The van der Waals surface area contributed by atoms with Crippen LogP contribution in [-0.4, -0.2) is 45.7 Å². The third kappa shape index (κ3) is 4.62. The Bertz CT molecular complexity index is 607.